The molecule has 0 radical (unpaired) electrons. The van der Waals surface area contributed by atoms with E-state index in [0.29, 0.717) is 37.4 Å². The van der Waals surface area contributed by atoms with Gasteiger partial charge in [-0.25, -0.2) is 8.77 Å². The van der Waals surface area contributed by atoms with E-state index < -0.39 is 17.3 Å². The Morgan fingerprint density at radius 3 is 2.38 bits per heavy atom. The third kappa shape index (κ3) is 5.33. The Morgan fingerprint density at radius 1 is 1.00 bits per heavy atom. The molecule has 1 fully saturated rings. The second-order valence-corrected chi connectivity index (χ2v) is 9.45. The smallest absolute Gasteiger partial charge is 0.416 e. The Hall–Kier alpha value is -3.44. The number of aromatic nitrogens is 2. The number of alkyl halides is 3. The van der Waals surface area contributed by atoms with Gasteiger partial charge < -0.3 is 14.4 Å². The molecule has 2 aliphatic heterocycles. The van der Waals surface area contributed by atoms with Crippen LogP contribution >= 0.6 is 11.9 Å². The second kappa shape index (κ2) is 10.5. The average molecular weight is 532 g/mol. The molecule has 5 rings (SSSR count). The number of amides is 1. The number of morpholine rings is 1. The molecule has 194 valence electrons. The highest BCUT2D eigenvalue weighted by Gasteiger charge is 2.30. The van der Waals surface area contributed by atoms with Crippen LogP contribution < -0.4 is 16.1 Å². The van der Waals surface area contributed by atoms with E-state index in [9.17, 15) is 22.8 Å². The minimum absolute atomic E-state index is 0.0868. The summed E-state index contributed by atoms with van der Waals surface area (Å²) < 4.78 is 53.6. The quantitative estimate of drug-likeness (QED) is 0.489. The van der Waals surface area contributed by atoms with Crippen LogP contribution in [0, 0.1) is 0 Å². The van der Waals surface area contributed by atoms with Gasteiger partial charge in [0, 0.05) is 18.8 Å². The Labute approximate surface area is 214 Å². The summed E-state index contributed by atoms with van der Waals surface area (Å²) in [6.45, 7) is 2.01. The molecule has 0 bridgehead atoms. The van der Waals surface area contributed by atoms with Gasteiger partial charge in [-0.05, 0) is 47.9 Å². The van der Waals surface area contributed by atoms with Crippen molar-refractivity contribution in [3.05, 3.63) is 86.6 Å². The number of carbonyl (C=O) groups excluding carboxylic acids is 1. The molecule has 3 aromatic rings. The summed E-state index contributed by atoms with van der Waals surface area (Å²) in [6.07, 6.45) is -2.83. The van der Waals surface area contributed by atoms with E-state index >= 15 is 0 Å². The highest BCUT2D eigenvalue weighted by atomic mass is 32.2. The minimum Gasteiger partial charge on any atom is -0.492 e. The van der Waals surface area contributed by atoms with Gasteiger partial charge in [-0.2, -0.15) is 13.2 Å². The Morgan fingerprint density at radius 2 is 1.70 bits per heavy atom. The van der Waals surface area contributed by atoms with E-state index in [2.05, 4.69) is 0 Å². The summed E-state index contributed by atoms with van der Waals surface area (Å²) in [4.78, 5) is 28.3. The molecule has 0 saturated carbocycles. The molecule has 1 saturated heterocycles. The first-order chi connectivity index (χ1) is 17.8. The van der Waals surface area contributed by atoms with Gasteiger partial charge in [0.05, 0.1) is 36.2 Å². The van der Waals surface area contributed by atoms with E-state index in [1.165, 1.54) is 28.8 Å². The lowest BCUT2D eigenvalue weighted by Crippen LogP contribution is -2.44. The SMILES string of the molecule is O=C(CC1=c2c(n(SCc3ccccc3)n(-c3ccc(C(F)(F)F)cc3)c2=O)=CCO1)N1CCOCC1. The number of rotatable bonds is 6. The molecule has 0 unspecified atom stereocenters. The van der Waals surface area contributed by atoms with Crippen molar-refractivity contribution in [1.82, 2.24) is 13.7 Å². The number of halogens is 3. The molecular formula is C26H24F3N3O4S. The van der Waals surface area contributed by atoms with Crippen LogP contribution in [0.3, 0.4) is 0 Å². The van der Waals surface area contributed by atoms with Crippen LogP contribution in [-0.4, -0.2) is 52.5 Å². The number of hydrogen-bond acceptors (Lipinski definition) is 5. The van der Waals surface area contributed by atoms with Crippen molar-refractivity contribution >= 4 is 29.7 Å². The van der Waals surface area contributed by atoms with Crippen LogP contribution in [-0.2, 0) is 26.2 Å². The highest BCUT2D eigenvalue weighted by molar-refractivity contribution is 7.96. The average Bonchev–Trinajstić information content (AvgIpc) is 3.20. The van der Waals surface area contributed by atoms with Crippen LogP contribution in [0.25, 0.3) is 17.5 Å². The molecule has 0 atom stereocenters. The fraction of sp³-hybridized carbons (Fsp3) is 0.308. The first kappa shape index (κ1) is 25.2. The Kier molecular flexibility index (Phi) is 7.16. The zero-order valence-electron chi connectivity index (χ0n) is 19.7. The molecule has 0 N–H and O–H groups in total. The lowest BCUT2D eigenvalue weighted by molar-refractivity contribution is -0.137. The molecular weight excluding hydrogens is 507 g/mol. The van der Waals surface area contributed by atoms with Crippen molar-refractivity contribution in [2.24, 2.45) is 0 Å². The number of carbonyl (C=O) groups is 1. The summed E-state index contributed by atoms with van der Waals surface area (Å²) in [6, 6.07) is 14.1. The van der Waals surface area contributed by atoms with Gasteiger partial charge in [0.25, 0.3) is 5.56 Å². The van der Waals surface area contributed by atoms with Crippen molar-refractivity contribution in [1.29, 1.82) is 0 Å². The zero-order valence-corrected chi connectivity index (χ0v) is 20.6. The third-order valence-electron chi connectivity index (χ3n) is 6.17. The van der Waals surface area contributed by atoms with E-state index in [1.54, 1.807) is 15.1 Å². The third-order valence-corrected chi connectivity index (χ3v) is 7.24. The maximum atomic E-state index is 13.7. The van der Waals surface area contributed by atoms with Crippen molar-refractivity contribution in [3.63, 3.8) is 0 Å². The molecule has 11 heteroatoms. The van der Waals surface area contributed by atoms with Crippen LogP contribution in [0.15, 0.2) is 59.4 Å². The van der Waals surface area contributed by atoms with Crippen LogP contribution in [0.5, 0.6) is 0 Å². The molecule has 3 heterocycles. The first-order valence-electron chi connectivity index (χ1n) is 11.7. The standard InChI is InChI=1S/C26H24F3N3O4S/c27-26(28,29)19-6-8-20(9-7-19)31-25(34)24-21(32(31)37-17-18-4-2-1-3-5-18)10-13-36-22(24)16-23(33)30-11-14-35-15-12-30/h1-10H,11-17H2. The van der Waals surface area contributed by atoms with Crippen molar-refractivity contribution in [3.8, 4) is 5.69 Å². The van der Waals surface area contributed by atoms with Gasteiger partial charge in [0.15, 0.2) is 0 Å². The number of ether oxygens (including phenoxy) is 2. The Bertz CT molecular complexity index is 1460. The second-order valence-electron chi connectivity index (χ2n) is 8.56. The van der Waals surface area contributed by atoms with Gasteiger partial charge >= 0.3 is 6.18 Å². The molecule has 7 nitrogen and oxygen atoms in total. The van der Waals surface area contributed by atoms with Crippen molar-refractivity contribution in [2.75, 3.05) is 32.9 Å². The number of fused-ring (bicyclic) bond motifs is 1. The lowest BCUT2D eigenvalue weighted by Gasteiger charge is -2.27. The highest BCUT2D eigenvalue weighted by Crippen LogP contribution is 2.29. The molecule has 2 aliphatic rings. The van der Waals surface area contributed by atoms with E-state index in [0.717, 1.165) is 17.7 Å². The van der Waals surface area contributed by atoms with Crippen molar-refractivity contribution < 1.29 is 27.4 Å². The minimum atomic E-state index is -4.49. The molecule has 37 heavy (non-hydrogen) atoms. The topological polar surface area (TPSA) is 65.7 Å². The number of nitrogens with zero attached hydrogens (tertiary/aromatic N) is 3. The fourth-order valence-electron chi connectivity index (χ4n) is 4.29. The van der Waals surface area contributed by atoms with E-state index in [1.807, 2.05) is 30.3 Å². The van der Waals surface area contributed by atoms with Gasteiger partial charge in [-0.1, -0.05) is 30.3 Å². The zero-order chi connectivity index (χ0) is 26.0. The molecule has 1 amide bonds. The Balaban J connectivity index is 1.60. The largest absolute Gasteiger partial charge is 0.492 e. The van der Waals surface area contributed by atoms with Crippen LogP contribution in [0.4, 0.5) is 13.2 Å². The van der Waals surface area contributed by atoms with Gasteiger partial charge in [-0.15, -0.1) is 0 Å². The van der Waals surface area contributed by atoms with Crippen molar-refractivity contribution in [2.45, 2.75) is 18.3 Å². The molecule has 0 aliphatic carbocycles. The monoisotopic (exact) mass is 531 g/mol. The maximum Gasteiger partial charge on any atom is 0.416 e. The van der Waals surface area contributed by atoms with Crippen LogP contribution in [0.2, 0.25) is 0 Å². The molecule has 0 spiro atoms. The van der Waals surface area contributed by atoms with Gasteiger partial charge in [0.2, 0.25) is 5.91 Å². The summed E-state index contributed by atoms with van der Waals surface area (Å²) in [5.74, 6) is 0.605. The normalized spacial score (nSPS) is 15.6. The lowest BCUT2D eigenvalue weighted by atomic mass is 10.2. The molecule has 1 aromatic heterocycles. The summed E-state index contributed by atoms with van der Waals surface area (Å²) >= 11 is 1.33. The van der Waals surface area contributed by atoms with E-state index in [4.69, 9.17) is 9.47 Å². The summed E-state index contributed by atoms with van der Waals surface area (Å²) in [7, 11) is 0. The maximum absolute atomic E-state index is 13.7. The summed E-state index contributed by atoms with van der Waals surface area (Å²) in [5.41, 5.74) is 0.0266. The first-order valence-corrected chi connectivity index (χ1v) is 12.7. The van der Waals surface area contributed by atoms with Gasteiger partial charge in [-0.3, -0.25) is 9.59 Å². The molecule has 2 aromatic carbocycles. The van der Waals surface area contributed by atoms with Gasteiger partial charge in [0.1, 0.15) is 17.6 Å². The number of hydrogen-bond donors (Lipinski definition) is 0. The number of benzene rings is 2. The predicted octanol–water partition coefficient (Wildman–Crippen LogP) is 2.52. The van der Waals surface area contributed by atoms with E-state index in [-0.39, 0.29) is 35.6 Å². The van der Waals surface area contributed by atoms with Crippen LogP contribution in [0.1, 0.15) is 17.5 Å². The summed E-state index contributed by atoms with van der Waals surface area (Å²) in [5, 5.41) is 0.801. The predicted molar refractivity (Wildman–Crippen MR) is 133 cm³/mol. The fourth-order valence-corrected chi connectivity index (χ4v) is 5.34.